The number of anilines is 1. The van der Waals surface area contributed by atoms with Crippen LogP contribution in [0.1, 0.15) is 32.1 Å². The van der Waals surface area contributed by atoms with Crippen molar-refractivity contribution in [2.75, 3.05) is 5.32 Å². The van der Waals surface area contributed by atoms with Gasteiger partial charge in [-0.15, -0.1) is 0 Å². The first-order valence-electron chi connectivity index (χ1n) is 6.98. The molecule has 4 nitrogen and oxygen atoms in total. The summed E-state index contributed by atoms with van der Waals surface area (Å²) in [5, 5.41) is 3.51. The smallest absolute Gasteiger partial charge is 0.307 e. The zero-order chi connectivity index (χ0) is 15.0. The van der Waals surface area contributed by atoms with Crippen molar-refractivity contribution < 1.29 is 14.3 Å². The van der Waals surface area contributed by atoms with Crippen LogP contribution in [0.25, 0.3) is 0 Å². The lowest BCUT2D eigenvalue weighted by Gasteiger charge is -2.28. The Morgan fingerprint density at radius 1 is 1.24 bits per heavy atom. The Balaban J connectivity index is 1.83. The van der Waals surface area contributed by atoms with Crippen LogP contribution in [0.4, 0.5) is 5.69 Å². The third-order valence-corrected chi connectivity index (χ3v) is 4.93. The average molecular weight is 328 g/mol. The van der Waals surface area contributed by atoms with Crippen molar-refractivity contribution in [1.29, 1.82) is 0 Å². The molecule has 0 radical (unpaired) electrons. The van der Waals surface area contributed by atoms with Gasteiger partial charge in [0.2, 0.25) is 5.91 Å². The van der Waals surface area contributed by atoms with Gasteiger partial charge in [-0.3, -0.25) is 9.59 Å². The molecule has 1 N–H and O–H groups in total. The number of carbonyl (C=O) groups excluding carboxylic acids is 2. The van der Waals surface area contributed by atoms with Crippen molar-refractivity contribution >= 4 is 40.8 Å². The molecule has 1 aliphatic heterocycles. The molecule has 1 aromatic carbocycles. The Kier molecular flexibility index (Phi) is 3.84. The minimum absolute atomic E-state index is 0.119. The maximum atomic E-state index is 12.6. The second kappa shape index (κ2) is 5.50. The predicted octanol–water partition coefficient (Wildman–Crippen LogP) is 3.81. The first kappa shape index (κ1) is 14.7. The molecule has 3 rings (SSSR count). The van der Waals surface area contributed by atoms with Crippen molar-refractivity contribution in [2.45, 2.75) is 37.7 Å². The molecule has 1 spiro atoms. The van der Waals surface area contributed by atoms with Crippen molar-refractivity contribution in [1.82, 2.24) is 0 Å². The van der Waals surface area contributed by atoms with Crippen molar-refractivity contribution in [3.63, 3.8) is 0 Å². The summed E-state index contributed by atoms with van der Waals surface area (Å²) in [6.45, 7) is 0. The molecule has 1 aromatic rings. The van der Waals surface area contributed by atoms with Crippen molar-refractivity contribution in [2.24, 2.45) is 5.92 Å². The van der Waals surface area contributed by atoms with Gasteiger partial charge in [-0.25, -0.2) is 0 Å². The van der Waals surface area contributed by atoms with Crippen LogP contribution in [0.15, 0.2) is 18.2 Å². The van der Waals surface area contributed by atoms with Crippen molar-refractivity contribution in [3.8, 4) is 0 Å². The molecule has 2 aliphatic rings. The Hall–Kier alpha value is -1.26. The molecule has 2 fully saturated rings. The SMILES string of the molecule is O=C1CC(C(=O)Nc2c(Cl)cccc2Cl)C2(CCCC2)O1. The largest absolute Gasteiger partial charge is 0.458 e. The number of amides is 1. The lowest BCUT2D eigenvalue weighted by Crippen LogP contribution is -2.39. The number of nitrogens with one attached hydrogen (secondary N) is 1. The topological polar surface area (TPSA) is 55.4 Å². The van der Waals surface area contributed by atoms with Gasteiger partial charge in [-0.2, -0.15) is 0 Å². The Morgan fingerprint density at radius 3 is 2.48 bits per heavy atom. The van der Waals surface area contributed by atoms with Crippen LogP contribution in [0, 0.1) is 5.92 Å². The fraction of sp³-hybridized carbons (Fsp3) is 0.467. The van der Waals surface area contributed by atoms with Gasteiger partial charge >= 0.3 is 5.97 Å². The van der Waals surface area contributed by atoms with E-state index < -0.39 is 11.5 Å². The standard InChI is InChI=1S/C15H15Cl2NO3/c16-10-4-3-5-11(17)13(10)18-14(20)9-8-12(19)21-15(9)6-1-2-7-15/h3-5,9H,1-2,6-8H2,(H,18,20). The van der Waals surface area contributed by atoms with Crippen molar-refractivity contribution in [3.05, 3.63) is 28.2 Å². The average Bonchev–Trinajstić information content (AvgIpc) is 3.02. The van der Waals surface area contributed by atoms with E-state index in [1.54, 1.807) is 18.2 Å². The fourth-order valence-electron chi connectivity index (χ4n) is 3.28. The third-order valence-electron chi connectivity index (χ3n) is 4.30. The van der Waals surface area contributed by atoms with E-state index in [4.69, 9.17) is 27.9 Å². The number of rotatable bonds is 2. The Morgan fingerprint density at radius 2 is 1.86 bits per heavy atom. The summed E-state index contributed by atoms with van der Waals surface area (Å²) in [5.41, 5.74) is -0.243. The summed E-state index contributed by atoms with van der Waals surface area (Å²) < 4.78 is 5.48. The summed E-state index contributed by atoms with van der Waals surface area (Å²) in [7, 11) is 0. The Labute approximate surface area is 132 Å². The molecule has 1 saturated heterocycles. The molecule has 1 amide bonds. The normalized spacial score (nSPS) is 23.3. The van der Waals surface area contributed by atoms with Crippen LogP contribution in [-0.4, -0.2) is 17.5 Å². The van der Waals surface area contributed by atoms with Crippen LogP contribution in [0.3, 0.4) is 0 Å². The van der Waals surface area contributed by atoms with E-state index in [0.717, 1.165) is 25.7 Å². The molecule has 0 bridgehead atoms. The van der Waals surface area contributed by atoms with Gasteiger partial charge in [0.05, 0.1) is 28.1 Å². The number of benzene rings is 1. The molecule has 1 saturated carbocycles. The highest BCUT2D eigenvalue weighted by atomic mass is 35.5. The third kappa shape index (κ3) is 2.62. The summed E-state index contributed by atoms with van der Waals surface area (Å²) in [6, 6.07) is 5.02. The van der Waals surface area contributed by atoms with Crippen LogP contribution < -0.4 is 5.32 Å². The van der Waals surface area contributed by atoms with E-state index in [-0.39, 0.29) is 18.3 Å². The number of hydrogen-bond acceptors (Lipinski definition) is 3. The zero-order valence-electron chi connectivity index (χ0n) is 11.3. The van der Waals surface area contributed by atoms with Gasteiger partial charge in [0.15, 0.2) is 0 Å². The molecule has 6 heteroatoms. The van der Waals surface area contributed by atoms with Gasteiger partial charge in [0.1, 0.15) is 5.60 Å². The fourth-order valence-corrected chi connectivity index (χ4v) is 3.77. The lowest BCUT2D eigenvalue weighted by atomic mass is 9.85. The minimum atomic E-state index is -0.630. The van der Waals surface area contributed by atoms with E-state index >= 15 is 0 Å². The van der Waals surface area contributed by atoms with Crippen LogP contribution in [-0.2, 0) is 14.3 Å². The van der Waals surface area contributed by atoms with Gasteiger partial charge in [-0.05, 0) is 37.8 Å². The quantitative estimate of drug-likeness (QED) is 0.840. The molecule has 1 aliphatic carbocycles. The number of esters is 1. The second-order valence-electron chi connectivity index (χ2n) is 5.59. The number of carbonyl (C=O) groups is 2. The molecule has 112 valence electrons. The monoisotopic (exact) mass is 327 g/mol. The molecule has 1 atom stereocenters. The first-order chi connectivity index (χ1) is 10.0. The summed E-state index contributed by atoms with van der Waals surface area (Å²) in [6.07, 6.45) is 3.56. The van der Waals surface area contributed by atoms with Gasteiger partial charge in [0, 0.05) is 0 Å². The van der Waals surface area contributed by atoms with Gasteiger partial charge in [-0.1, -0.05) is 29.3 Å². The molecular weight excluding hydrogens is 313 g/mol. The maximum absolute atomic E-state index is 12.6. The number of ether oxygens (including phenoxy) is 1. The molecule has 1 heterocycles. The molecule has 1 unspecified atom stereocenters. The summed E-state index contributed by atoms with van der Waals surface area (Å²) >= 11 is 12.1. The number of hydrogen-bond donors (Lipinski definition) is 1. The first-order valence-corrected chi connectivity index (χ1v) is 7.74. The van der Waals surface area contributed by atoms with E-state index in [1.165, 1.54) is 0 Å². The van der Waals surface area contributed by atoms with E-state index in [0.29, 0.717) is 15.7 Å². The summed E-state index contributed by atoms with van der Waals surface area (Å²) in [4.78, 5) is 24.2. The van der Waals surface area contributed by atoms with E-state index in [9.17, 15) is 9.59 Å². The highest BCUT2D eigenvalue weighted by molar-refractivity contribution is 6.39. The second-order valence-corrected chi connectivity index (χ2v) is 6.40. The Bertz CT molecular complexity index is 576. The molecule has 21 heavy (non-hydrogen) atoms. The van der Waals surface area contributed by atoms with Crippen LogP contribution >= 0.6 is 23.2 Å². The van der Waals surface area contributed by atoms with Gasteiger partial charge in [0.25, 0.3) is 0 Å². The highest BCUT2D eigenvalue weighted by Gasteiger charge is 2.54. The maximum Gasteiger partial charge on any atom is 0.307 e. The zero-order valence-corrected chi connectivity index (χ0v) is 12.8. The highest BCUT2D eigenvalue weighted by Crippen LogP contribution is 2.46. The molecular formula is C15H15Cl2NO3. The molecule has 0 aromatic heterocycles. The predicted molar refractivity (Wildman–Crippen MR) is 80.5 cm³/mol. The van der Waals surface area contributed by atoms with Crippen LogP contribution in [0.2, 0.25) is 10.0 Å². The van der Waals surface area contributed by atoms with E-state index in [1.807, 2.05) is 0 Å². The van der Waals surface area contributed by atoms with Gasteiger partial charge < -0.3 is 10.1 Å². The lowest BCUT2D eigenvalue weighted by molar-refractivity contribution is -0.149. The number of halogens is 2. The van der Waals surface area contributed by atoms with E-state index in [2.05, 4.69) is 5.32 Å². The summed E-state index contributed by atoms with van der Waals surface area (Å²) in [5.74, 6) is -1.03. The minimum Gasteiger partial charge on any atom is -0.458 e. The van der Waals surface area contributed by atoms with Crippen LogP contribution in [0.5, 0.6) is 0 Å². The number of para-hydroxylation sites is 1.